The zero-order valence-electron chi connectivity index (χ0n) is 25.5. The van der Waals surface area contributed by atoms with Gasteiger partial charge >= 0.3 is 0 Å². The van der Waals surface area contributed by atoms with E-state index in [1.54, 1.807) is 0 Å². The van der Waals surface area contributed by atoms with E-state index in [1.165, 1.54) is 43.8 Å². The van der Waals surface area contributed by atoms with Gasteiger partial charge < -0.3 is 0 Å². The monoisotopic (exact) mass is 567 g/mol. The molecule has 212 valence electrons. The van der Waals surface area contributed by atoms with Gasteiger partial charge in [0.25, 0.3) is 0 Å². The van der Waals surface area contributed by atoms with Gasteiger partial charge in [-0.05, 0) is 60.7 Å². The Hall–Kier alpha value is -5.15. The second-order valence-electron chi connectivity index (χ2n) is 12.9. The minimum absolute atomic E-state index is 0.0872. The van der Waals surface area contributed by atoms with Gasteiger partial charge in [0.1, 0.15) is 0 Å². The number of rotatable bonds is 3. The van der Waals surface area contributed by atoms with Crippen molar-refractivity contribution in [3.63, 3.8) is 0 Å². The first kappa shape index (κ1) is 26.5. The maximum atomic E-state index is 5.06. The van der Waals surface area contributed by atoms with Crippen LogP contribution in [-0.4, -0.2) is 15.0 Å². The Kier molecular flexibility index (Phi) is 5.83. The molecule has 8 rings (SSSR count). The highest BCUT2D eigenvalue weighted by molar-refractivity contribution is 6.16. The normalized spacial score (nSPS) is 14.7. The van der Waals surface area contributed by atoms with Gasteiger partial charge in [-0.1, -0.05) is 149 Å². The Bertz CT molecular complexity index is 2160. The summed E-state index contributed by atoms with van der Waals surface area (Å²) in [5.41, 5.74) is 8.04. The van der Waals surface area contributed by atoms with Gasteiger partial charge in [-0.25, -0.2) is 15.0 Å². The molecule has 1 aliphatic carbocycles. The van der Waals surface area contributed by atoms with Gasteiger partial charge in [-0.15, -0.1) is 0 Å². The van der Waals surface area contributed by atoms with E-state index in [0.717, 1.165) is 16.7 Å². The van der Waals surface area contributed by atoms with Crippen LogP contribution in [0.15, 0.2) is 127 Å². The molecule has 0 amide bonds. The standard InChI is InChI=1S/C41H33N3/c1-40(2)33-23-22-30(39-43-37(28-14-7-5-8-15-28)42-38(44-39)29-16-9-6-10-17-29)25-32(33)36-34(41(40,3)4)24-21-27-20-19-26-13-11-12-18-31(26)35(27)36/h5-25H,1-4H3. The van der Waals surface area contributed by atoms with Gasteiger partial charge in [0, 0.05) is 16.7 Å². The summed E-state index contributed by atoms with van der Waals surface area (Å²) in [5.74, 6) is 2.02. The molecule has 6 aromatic carbocycles. The molecule has 0 N–H and O–H groups in total. The highest BCUT2D eigenvalue weighted by atomic mass is 15.0. The number of aromatic nitrogens is 3. The van der Waals surface area contributed by atoms with Crippen molar-refractivity contribution < 1.29 is 0 Å². The minimum Gasteiger partial charge on any atom is -0.208 e. The zero-order chi connectivity index (χ0) is 30.1. The maximum Gasteiger partial charge on any atom is 0.164 e. The van der Waals surface area contributed by atoms with E-state index in [1.807, 2.05) is 36.4 Å². The molecule has 0 bridgehead atoms. The number of hydrogen-bond donors (Lipinski definition) is 0. The molecule has 7 aromatic rings. The summed E-state index contributed by atoms with van der Waals surface area (Å²) in [6, 6.07) is 45.1. The lowest BCUT2D eigenvalue weighted by Crippen LogP contribution is -2.43. The Morgan fingerprint density at radius 1 is 0.432 bits per heavy atom. The quantitative estimate of drug-likeness (QED) is 0.199. The van der Waals surface area contributed by atoms with Crippen LogP contribution in [0.5, 0.6) is 0 Å². The molecule has 0 spiro atoms. The summed E-state index contributed by atoms with van der Waals surface area (Å²) < 4.78 is 0. The second kappa shape index (κ2) is 9.68. The lowest BCUT2D eigenvalue weighted by molar-refractivity contribution is 0.299. The Balaban J connectivity index is 1.43. The summed E-state index contributed by atoms with van der Waals surface area (Å²) in [5, 5.41) is 5.11. The number of hydrogen-bond acceptors (Lipinski definition) is 3. The fourth-order valence-corrected chi connectivity index (χ4v) is 6.94. The third-order valence-corrected chi connectivity index (χ3v) is 10.1. The number of fused-ring (bicyclic) bond motifs is 7. The number of nitrogens with zero attached hydrogens (tertiary/aromatic N) is 3. The Labute approximate surface area is 258 Å². The summed E-state index contributed by atoms with van der Waals surface area (Å²) >= 11 is 0. The van der Waals surface area contributed by atoms with Gasteiger partial charge in [0.05, 0.1) is 0 Å². The van der Waals surface area contributed by atoms with Crippen LogP contribution in [0, 0.1) is 0 Å². The van der Waals surface area contributed by atoms with Gasteiger partial charge in [-0.3, -0.25) is 0 Å². The van der Waals surface area contributed by atoms with Crippen LogP contribution in [0.2, 0.25) is 0 Å². The molecular formula is C41H33N3. The van der Waals surface area contributed by atoms with Crippen molar-refractivity contribution in [1.82, 2.24) is 15.0 Å². The molecule has 0 aliphatic heterocycles. The molecular weight excluding hydrogens is 534 g/mol. The molecule has 0 saturated carbocycles. The summed E-state index contributed by atoms with van der Waals surface area (Å²) in [6.07, 6.45) is 0. The second-order valence-corrected chi connectivity index (χ2v) is 12.9. The molecule has 44 heavy (non-hydrogen) atoms. The van der Waals surface area contributed by atoms with Crippen LogP contribution in [0.25, 0.3) is 66.8 Å². The first-order valence-electron chi connectivity index (χ1n) is 15.3. The maximum absolute atomic E-state index is 5.06. The zero-order valence-corrected chi connectivity index (χ0v) is 25.5. The molecule has 3 heteroatoms. The lowest BCUT2D eigenvalue weighted by atomic mass is 9.55. The van der Waals surface area contributed by atoms with Crippen molar-refractivity contribution in [1.29, 1.82) is 0 Å². The molecule has 0 saturated heterocycles. The van der Waals surface area contributed by atoms with E-state index in [-0.39, 0.29) is 10.8 Å². The summed E-state index contributed by atoms with van der Waals surface area (Å²) in [4.78, 5) is 15.0. The first-order chi connectivity index (χ1) is 21.3. The van der Waals surface area contributed by atoms with E-state index < -0.39 is 0 Å². The largest absolute Gasteiger partial charge is 0.208 e. The van der Waals surface area contributed by atoms with Crippen LogP contribution in [0.4, 0.5) is 0 Å². The van der Waals surface area contributed by atoms with Crippen LogP contribution >= 0.6 is 0 Å². The predicted molar refractivity (Wildman–Crippen MR) is 183 cm³/mol. The highest BCUT2D eigenvalue weighted by Crippen LogP contribution is 2.56. The smallest absolute Gasteiger partial charge is 0.164 e. The molecule has 0 fully saturated rings. The third kappa shape index (κ3) is 3.92. The molecule has 3 nitrogen and oxygen atoms in total. The van der Waals surface area contributed by atoms with Crippen LogP contribution in [0.1, 0.15) is 38.8 Å². The molecule has 0 atom stereocenters. The minimum atomic E-state index is -0.102. The van der Waals surface area contributed by atoms with Gasteiger partial charge in [0.15, 0.2) is 17.5 Å². The summed E-state index contributed by atoms with van der Waals surface area (Å²) in [7, 11) is 0. The lowest BCUT2D eigenvalue weighted by Gasteiger charge is -2.48. The fraction of sp³-hybridized carbons (Fsp3) is 0.146. The van der Waals surface area contributed by atoms with E-state index in [4.69, 9.17) is 15.0 Å². The van der Waals surface area contributed by atoms with Crippen molar-refractivity contribution in [2.75, 3.05) is 0 Å². The SMILES string of the molecule is CC1(C)c2ccc(-c3nc(-c4ccccc4)nc(-c4ccccc4)n3)cc2-c2c(ccc3ccc4ccccc4c23)C1(C)C. The van der Waals surface area contributed by atoms with Crippen LogP contribution < -0.4 is 0 Å². The van der Waals surface area contributed by atoms with Gasteiger partial charge in [0.2, 0.25) is 0 Å². The Morgan fingerprint density at radius 3 is 1.59 bits per heavy atom. The van der Waals surface area contributed by atoms with Crippen molar-refractivity contribution in [3.8, 4) is 45.3 Å². The fourth-order valence-electron chi connectivity index (χ4n) is 6.94. The topological polar surface area (TPSA) is 38.7 Å². The average Bonchev–Trinajstić information content (AvgIpc) is 3.07. The molecule has 1 aromatic heterocycles. The van der Waals surface area contributed by atoms with Crippen molar-refractivity contribution in [3.05, 3.63) is 139 Å². The first-order valence-corrected chi connectivity index (χ1v) is 15.3. The number of benzene rings is 6. The highest BCUT2D eigenvalue weighted by Gasteiger charge is 2.46. The molecule has 0 radical (unpaired) electrons. The molecule has 1 heterocycles. The van der Waals surface area contributed by atoms with E-state index >= 15 is 0 Å². The van der Waals surface area contributed by atoms with Crippen molar-refractivity contribution in [2.45, 2.75) is 38.5 Å². The van der Waals surface area contributed by atoms with Crippen LogP contribution in [-0.2, 0) is 10.8 Å². The van der Waals surface area contributed by atoms with Gasteiger partial charge in [-0.2, -0.15) is 0 Å². The average molecular weight is 568 g/mol. The summed E-state index contributed by atoms with van der Waals surface area (Å²) in [6.45, 7) is 9.55. The van der Waals surface area contributed by atoms with Crippen LogP contribution in [0.3, 0.4) is 0 Å². The molecule has 1 aliphatic rings. The Morgan fingerprint density at radius 2 is 0.932 bits per heavy atom. The van der Waals surface area contributed by atoms with E-state index in [9.17, 15) is 0 Å². The third-order valence-electron chi connectivity index (χ3n) is 10.1. The van der Waals surface area contributed by atoms with Crippen molar-refractivity contribution in [2.24, 2.45) is 0 Å². The van der Waals surface area contributed by atoms with Crippen molar-refractivity contribution >= 4 is 21.5 Å². The predicted octanol–water partition coefficient (Wildman–Crippen LogP) is 10.4. The van der Waals surface area contributed by atoms with E-state index in [0.29, 0.717) is 17.5 Å². The molecule has 0 unspecified atom stereocenters. The van der Waals surface area contributed by atoms with E-state index in [2.05, 4.69) is 119 Å².